The number of nitrogens with zero attached hydrogens (tertiary/aromatic N) is 1. The molecule has 0 aromatic carbocycles. The van der Waals surface area contributed by atoms with Gasteiger partial charge in [0, 0.05) is 13.7 Å². The maximum absolute atomic E-state index is 12.0. The first-order chi connectivity index (χ1) is 9.27. The van der Waals surface area contributed by atoms with Gasteiger partial charge >= 0.3 is 18.0 Å². The number of carbonyl (C=O) groups is 3. The average Bonchev–Trinajstić information content (AvgIpc) is 2.37. The van der Waals surface area contributed by atoms with E-state index < -0.39 is 36.0 Å². The number of carbonyl (C=O) groups excluding carboxylic acids is 1. The van der Waals surface area contributed by atoms with Gasteiger partial charge in [-0.05, 0) is 19.8 Å². The van der Waals surface area contributed by atoms with Crippen molar-refractivity contribution in [2.45, 2.75) is 37.8 Å². The number of urea groups is 1. The van der Waals surface area contributed by atoms with Gasteiger partial charge < -0.3 is 25.2 Å². The summed E-state index contributed by atoms with van der Waals surface area (Å²) in [5.41, 5.74) is -0.457. The number of piperidine rings is 1. The molecule has 20 heavy (non-hydrogen) atoms. The molecule has 0 saturated carbocycles. The van der Waals surface area contributed by atoms with Crippen LogP contribution in [0.15, 0.2) is 0 Å². The molecule has 1 heterocycles. The summed E-state index contributed by atoms with van der Waals surface area (Å²) in [6, 6.07) is -2.02. The number of carboxylic acid groups (broad SMARTS) is 2. The lowest BCUT2D eigenvalue weighted by molar-refractivity contribution is -0.145. The van der Waals surface area contributed by atoms with Crippen LogP contribution in [0, 0.1) is 0 Å². The first-order valence-corrected chi connectivity index (χ1v) is 6.32. The Kier molecular flexibility index (Phi) is 5.32. The fraction of sp³-hybridized carbons (Fsp3) is 0.750. The van der Waals surface area contributed by atoms with Crippen LogP contribution in [0.3, 0.4) is 0 Å². The van der Waals surface area contributed by atoms with E-state index in [-0.39, 0.29) is 0 Å². The first kappa shape index (κ1) is 16.2. The van der Waals surface area contributed by atoms with Crippen molar-refractivity contribution < 1.29 is 29.3 Å². The lowest BCUT2D eigenvalue weighted by atomic mass is 9.95. The SMILES string of the molecule is COC1(C)CCCN(C(=O)N[C@H](CC(=O)O)C(=O)O)C1. The number of likely N-dealkylation sites (tertiary alicyclic amines) is 1. The average molecular weight is 288 g/mol. The van der Waals surface area contributed by atoms with Crippen LogP contribution < -0.4 is 5.32 Å². The molecule has 8 heteroatoms. The number of carboxylic acids is 2. The second kappa shape index (κ2) is 6.56. The van der Waals surface area contributed by atoms with Crippen LogP contribution in [0.5, 0.6) is 0 Å². The van der Waals surface area contributed by atoms with Crippen molar-refractivity contribution in [3.8, 4) is 0 Å². The van der Waals surface area contributed by atoms with Crippen molar-refractivity contribution in [1.29, 1.82) is 0 Å². The summed E-state index contributed by atoms with van der Waals surface area (Å²) in [5.74, 6) is -2.65. The molecule has 1 rings (SSSR count). The van der Waals surface area contributed by atoms with Gasteiger partial charge in [-0.15, -0.1) is 0 Å². The summed E-state index contributed by atoms with van der Waals surface area (Å²) in [6.07, 6.45) is 0.898. The molecular weight excluding hydrogens is 268 g/mol. The monoisotopic (exact) mass is 288 g/mol. The topological polar surface area (TPSA) is 116 Å². The Labute approximate surface area is 116 Å². The fourth-order valence-corrected chi connectivity index (χ4v) is 2.16. The molecule has 1 unspecified atom stereocenters. The second-order valence-electron chi connectivity index (χ2n) is 5.12. The van der Waals surface area contributed by atoms with E-state index in [0.29, 0.717) is 13.1 Å². The van der Waals surface area contributed by atoms with Crippen molar-refractivity contribution >= 4 is 18.0 Å². The van der Waals surface area contributed by atoms with E-state index in [1.807, 2.05) is 6.92 Å². The van der Waals surface area contributed by atoms with Crippen LogP contribution >= 0.6 is 0 Å². The van der Waals surface area contributed by atoms with Crippen molar-refractivity contribution in [3.05, 3.63) is 0 Å². The van der Waals surface area contributed by atoms with Crippen LogP contribution in [-0.4, -0.2) is 64.9 Å². The summed E-state index contributed by atoms with van der Waals surface area (Å²) in [7, 11) is 1.56. The zero-order valence-corrected chi connectivity index (χ0v) is 11.6. The highest BCUT2D eigenvalue weighted by Gasteiger charge is 2.34. The van der Waals surface area contributed by atoms with E-state index >= 15 is 0 Å². The lowest BCUT2D eigenvalue weighted by Crippen LogP contribution is -2.55. The third-order valence-corrected chi connectivity index (χ3v) is 3.41. The summed E-state index contributed by atoms with van der Waals surface area (Å²) >= 11 is 0. The number of ether oxygens (including phenoxy) is 1. The third-order valence-electron chi connectivity index (χ3n) is 3.41. The van der Waals surface area contributed by atoms with E-state index in [9.17, 15) is 14.4 Å². The molecule has 2 atom stereocenters. The molecule has 0 aromatic rings. The van der Waals surface area contributed by atoms with Crippen LogP contribution in [0.25, 0.3) is 0 Å². The van der Waals surface area contributed by atoms with E-state index in [1.165, 1.54) is 4.90 Å². The molecule has 1 aliphatic rings. The van der Waals surface area contributed by atoms with Crippen molar-refractivity contribution in [2.75, 3.05) is 20.2 Å². The first-order valence-electron chi connectivity index (χ1n) is 6.32. The molecule has 0 aromatic heterocycles. The van der Waals surface area contributed by atoms with Crippen LogP contribution in [0.4, 0.5) is 4.79 Å². The number of methoxy groups -OCH3 is 1. The Bertz CT molecular complexity index is 399. The molecule has 8 nitrogen and oxygen atoms in total. The normalized spacial score (nSPS) is 24.0. The van der Waals surface area contributed by atoms with Crippen LogP contribution in [-0.2, 0) is 14.3 Å². The standard InChI is InChI=1S/C12H20N2O6/c1-12(20-2)4-3-5-14(7-12)11(19)13-8(10(17)18)6-9(15)16/h8H,3-7H2,1-2H3,(H,13,19)(H,15,16)(H,17,18)/t8-,12?/m1/s1. The molecule has 0 radical (unpaired) electrons. The summed E-state index contributed by atoms with van der Waals surface area (Å²) in [4.78, 5) is 34.9. The number of amides is 2. The van der Waals surface area contributed by atoms with Crippen molar-refractivity contribution in [3.63, 3.8) is 0 Å². The molecule has 0 aliphatic carbocycles. The van der Waals surface area contributed by atoms with Crippen LogP contribution in [0.1, 0.15) is 26.2 Å². The minimum absolute atomic E-state index is 0.342. The second-order valence-corrected chi connectivity index (χ2v) is 5.12. The highest BCUT2D eigenvalue weighted by atomic mass is 16.5. The zero-order chi connectivity index (χ0) is 15.3. The Hall–Kier alpha value is -1.83. The minimum Gasteiger partial charge on any atom is -0.481 e. The number of hydrogen-bond donors (Lipinski definition) is 3. The van der Waals surface area contributed by atoms with Crippen molar-refractivity contribution in [2.24, 2.45) is 0 Å². The molecular formula is C12H20N2O6. The van der Waals surface area contributed by atoms with Gasteiger partial charge in [0.2, 0.25) is 0 Å². The Balaban J connectivity index is 2.64. The van der Waals surface area contributed by atoms with E-state index in [2.05, 4.69) is 5.32 Å². The maximum atomic E-state index is 12.0. The molecule has 3 N–H and O–H groups in total. The van der Waals surface area contributed by atoms with Gasteiger partial charge in [0.1, 0.15) is 6.04 Å². The highest BCUT2D eigenvalue weighted by molar-refractivity contribution is 5.86. The zero-order valence-electron chi connectivity index (χ0n) is 11.6. The van der Waals surface area contributed by atoms with E-state index in [4.69, 9.17) is 14.9 Å². The molecule has 2 amide bonds. The summed E-state index contributed by atoms with van der Waals surface area (Å²) in [5, 5.41) is 19.8. The maximum Gasteiger partial charge on any atom is 0.326 e. The predicted octanol–water partition coefficient (Wildman–Crippen LogP) is 0.125. The molecule has 114 valence electrons. The van der Waals surface area contributed by atoms with Gasteiger partial charge in [-0.25, -0.2) is 9.59 Å². The minimum atomic E-state index is -1.43. The third kappa shape index (κ3) is 4.37. The molecule has 1 saturated heterocycles. The quantitative estimate of drug-likeness (QED) is 0.662. The van der Waals surface area contributed by atoms with Gasteiger partial charge in [0.15, 0.2) is 0 Å². The summed E-state index contributed by atoms with van der Waals surface area (Å²) in [6.45, 7) is 2.71. The molecule has 1 fully saturated rings. The Morgan fingerprint density at radius 2 is 2.05 bits per heavy atom. The summed E-state index contributed by atoms with van der Waals surface area (Å²) < 4.78 is 5.34. The van der Waals surface area contributed by atoms with Crippen molar-refractivity contribution in [1.82, 2.24) is 10.2 Å². The van der Waals surface area contributed by atoms with Crippen LogP contribution in [0.2, 0.25) is 0 Å². The number of aliphatic carboxylic acids is 2. The number of nitrogens with one attached hydrogen (secondary N) is 1. The molecule has 1 aliphatic heterocycles. The van der Waals surface area contributed by atoms with Gasteiger partial charge in [0.25, 0.3) is 0 Å². The molecule has 0 spiro atoms. The smallest absolute Gasteiger partial charge is 0.326 e. The van der Waals surface area contributed by atoms with E-state index in [1.54, 1.807) is 7.11 Å². The van der Waals surface area contributed by atoms with Gasteiger partial charge in [-0.1, -0.05) is 0 Å². The van der Waals surface area contributed by atoms with Gasteiger partial charge in [0.05, 0.1) is 18.6 Å². The lowest BCUT2D eigenvalue weighted by Gasteiger charge is -2.39. The highest BCUT2D eigenvalue weighted by Crippen LogP contribution is 2.23. The fourth-order valence-electron chi connectivity index (χ4n) is 2.16. The van der Waals surface area contributed by atoms with Gasteiger partial charge in [-0.2, -0.15) is 0 Å². The van der Waals surface area contributed by atoms with Gasteiger partial charge in [-0.3, -0.25) is 4.79 Å². The largest absolute Gasteiger partial charge is 0.481 e. The Morgan fingerprint density at radius 1 is 1.40 bits per heavy atom. The molecule has 0 bridgehead atoms. The number of hydrogen-bond acceptors (Lipinski definition) is 4. The predicted molar refractivity (Wildman–Crippen MR) is 68.4 cm³/mol. The number of rotatable bonds is 5. The van der Waals surface area contributed by atoms with E-state index in [0.717, 1.165) is 12.8 Å². The Morgan fingerprint density at radius 3 is 2.55 bits per heavy atom.